The van der Waals surface area contributed by atoms with Crippen molar-refractivity contribution in [2.75, 3.05) is 26.0 Å². The minimum Gasteiger partial charge on any atom is -0.495 e. The number of methoxy groups -OCH3 is 1. The molecular formula is C15H18N2O5S2. The molecule has 0 aliphatic carbocycles. The Morgan fingerprint density at radius 1 is 1.17 bits per heavy atom. The van der Waals surface area contributed by atoms with Gasteiger partial charge in [-0.1, -0.05) is 23.9 Å². The van der Waals surface area contributed by atoms with Crippen molar-refractivity contribution < 1.29 is 22.7 Å². The van der Waals surface area contributed by atoms with Crippen molar-refractivity contribution >= 4 is 32.9 Å². The van der Waals surface area contributed by atoms with Gasteiger partial charge in [0.1, 0.15) is 10.6 Å². The van der Waals surface area contributed by atoms with Crippen molar-refractivity contribution in [3.63, 3.8) is 0 Å². The second-order valence-corrected chi connectivity index (χ2v) is 8.44. The Balaban J connectivity index is 1.74. The van der Waals surface area contributed by atoms with Crippen molar-refractivity contribution in [2.24, 2.45) is 0 Å². The maximum atomic E-state index is 12.8. The van der Waals surface area contributed by atoms with Crippen LogP contribution in [0.4, 0.5) is 4.79 Å². The minimum absolute atomic E-state index is 0.134. The molecule has 2 fully saturated rings. The summed E-state index contributed by atoms with van der Waals surface area (Å²) < 4.78 is 32.2. The lowest BCUT2D eigenvalue weighted by Gasteiger charge is -2.34. The Morgan fingerprint density at radius 2 is 1.83 bits per heavy atom. The Kier molecular flexibility index (Phi) is 4.84. The number of hydrogen-bond donors (Lipinski definition) is 0. The minimum atomic E-state index is -3.66. The maximum absolute atomic E-state index is 12.8. The quantitative estimate of drug-likeness (QED) is 0.799. The third-order valence-corrected chi connectivity index (χ3v) is 7.03. The molecule has 0 unspecified atom stereocenters. The number of sulfonamides is 1. The second kappa shape index (κ2) is 6.73. The number of carbonyl (C=O) groups excluding carboxylic acids is 2. The first kappa shape index (κ1) is 17.2. The van der Waals surface area contributed by atoms with Crippen LogP contribution in [-0.4, -0.2) is 60.8 Å². The zero-order valence-electron chi connectivity index (χ0n) is 13.2. The van der Waals surface area contributed by atoms with Gasteiger partial charge >= 0.3 is 0 Å². The lowest BCUT2D eigenvalue weighted by molar-refractivity contribution is -0.126. The first-order valence-electron chi connectivity index (χ1n) is 7.57. The van der Waals surface area contributed by atoms with Gasteiger partial charge in [-0.2, -0.15) is 4.31 Å². The number of carbonyl (C=O) groups is 2. The van der Waals surface area contributed by atoms with Gasteiger partial charge in [0.15, 0.2) is 0 Å². The summed E-state index contributed by atoms with van der Waals surface area (Å²) >= 11 is 1.00. The van der Waals surface area contributed by atoms with Crippen molar-refractivity contribution in [1.82, 2.24) is 9.21 Å². The van der Waals surface area contributed by atoms with Crippen LogP contribution in [0.2, 0.25) is 0 Å². The van der Waals surface area contributed by atoms with E-state index in [0.29, 0.717) is 18.6 Å². The number of imide groups is 1. The van der Waals surface area contributed by atoms with E-state index in [0.717, 1.165) is 11.8 Å². The monoisotopic (exact) mass is 370 g/mol. The largest absolute Gasteiger partial charge is 0.495 e. The fraction of sp³-hybridized carbons (Fsp3) is 0.467. The highest BCUT2D eigenvalue weighted by Gasteiger charge is 2.39. The molecule has 130 valence electrons. The molecule has 0 N–H and O–H groups in total. The molecule has 9 heteroatoms. The van der Waals surface area contributed by atoms with E-state index in [2.05, 4.69) is 0 Å². The van der Waals surface area contributed by atoms with Crippen LogP contribution in [0.1, 0.15) is 12.8 Å². The van der Waals surface area contributed by atoms with Crippen molar-refractivity contribution in [3.8, 4) is 5.75 Å². The molecule has 1 aromatic rings. The topological polar surface area (TPSA) is 84.0 Å². The molecule has 2 aliphatic heterocycles. The van der Waals surface area contributed by atoms with Crippen molar-refractivity contribution in [1.29, 1.82) is 0 Å². The number of ether oxygens (including phenoxy) is 1. The maximum Gasteiger partial charge on any atom is 0.289 e. The molecule has 2 amide bonds. The van der Waals surface area contributed by atoms with E-state index in [1.807, 2.05) is 0 Å². The van der Waals surface area contributed by atoms with Gasteiger partial charge in [-0.25, -0.2) is 8.42 Å². The van der Waals surface area contributed by atoms with Crippen LogP contribution < -0.4 is 4.74 Å². The second-order valence-electron chi connectivity index (χ2n) is 5.60. The van der Waals surface area contributed by atoms with Gasteiger partial charge in [-0.05, 0) is 25.0 Å². The Hall–Kier alpha value is -1.58. The Morgan fingerprint density at radius 3 is 2.42 bits per heavy atom. The van der Waals surface area contributed by atoms with Crippen LogP contribution in [-0.2, 0) is 14.8 Å². The van der Waals surface area contributed by atoms with Crippen LogP contribution in [0.25, 0.3) is 0 Å². The number of piperidine rings is 1. The average Bonchev–Trinajstić information content (AvgIpc) is 2.93. The lowest BCUT2D eigenvalue weighted by Crippen LogP contribution is -2.48. The molecule has 2 aliphatic rings. The summed E-state index contributed by atoms with van der Waals surface area (Å²) in [5, 5.41) is -0.231. The van der Waals surface area contributed by atoms with Gasteiger partial charge in [0.25, 0.3) is 5.24 Å². The predicted octanol–water partition coefficient (Wildman–Crippen LogP) is 1.54. The number of amides is 2. The zero-order chi connectivity index (χ0) is 17.3. The van der Waals surface area contributed by atoms with E-state index >= 15 is 0 Å². The molecule has 1 aromatic carbocycles. The first-order valence-corrected chi connectivity index (χ1v) is 9.99. The van der Waals surface area contributed by atoms with Crippen LogP contribution in [0, 0.1) is 0 Å². The Bertz CT molecular complexity index is 741. The molecule has 0 bridgehead atoms. The van der Waals surface area contributed by atoms with Gasteiger partial charge < -0.3 is 4.74 Å². The van der Waals surface area contributed by atoms with Crippen LogP contribution in [0.3, 0.4) is 0 Å². The number of nitrogens with zero attached hydrogens (tertiary/aromatic N) is 2. The van der Waals surface area contributed by atoms with Gasteiger partial charge in [-0.15, -0.1) is 0 Å². The summed E-state index contributed by atoms with van der Waals surface area (Å²) in [5.41, 5.74) is 0. The molecule has 2 heterocycles. The summed E-state index contributed by atoms with van der Waals surface area (Å²) in [4.78, 5) is 25.0. The SMILES string of the molecule is COc1ccccc1S(=O)(=O)N1CCC(N2C(=O)CSC2=O)CC1. The zero-order valence-corrected chi connectivity index (χ0v) is 14.8. The van der Waals surface area contributed by atoms with E-state index in [1.165, 1.54) is 22.4 Å². The van der Waals surface area contributed by atoms with Gasteiger partial charge in [0, 0.05) is 19.1 Å². The van der Waals surface area contributed by atoms with Gasteiger partial charge in [0.05, 0.1) is 12.9 Å². The van der Waals surface area contributed by atoms with E-state index in [4.69, 9.17) is 4.74 Å². The van der Waals surface area contributed by atoms with Crippen molar-refractivity contribution in [2.45, 2.75) is 23.8 Å². The fourth-order valence-corrected chi connectivity index (χ4v) is 5.43. The van der Waals surface area contributed by atoms with Crippen molar-refractivity contribution in [3.05, 3.63) is 24.3 Å². The number of benzene rings is 1. The number of rotatable bonds is 4. The number of para-hydroxylation sites is 1. The van der Waals surface area contributed by atoms with Gasteiger partial charge in [-0.3, -0.25) is 14.5 Å². The summed E-state index contributed by atoms with van der Waals surface area (Å²) in [7, 11) is -2.23. The number of thioether (sulfide) groups is 1. The molecule has 0 atom stereocenters. The van der Waals surface area contributed by atoms with Crippen LogP contribution in [0.5, 0.6) is 5.75 Å². The average molecular weight is 370 g/mol. The standard InChI is InChI=1S/C15H18N2O5S2/c1-22-12-4-2-3-5-13(12)24(20,21)16-8-6-11(7-9-16)17-14(18)10-23-15(17)19/h2-5,11H,6-10H2,1H3. The molecule has 0 saturated carbocycles. The third-order valence-electron chi connectivity index (χ3n) is 4.26. The highest BCUT2D eigenvalue weighted by molar-refractivity contribution is 8.14. The predicted molar refractivity (Wildman–Crippen MR) is 89.5 cm³/mol. The van der Waals surface area contributed by atoms with Gasteiger partial charge in [0.2, 0.25) is 15.9 Å². The van der Waals surface area contributed by atoms with E-state index in [9.17, 15) is 18.0 Å². The summed E-state index contributed by atoms with van der Waals surface area (Å²) in [5.74, 6) is 0.301. The highest BCUT2D eigenvalue weighted by Crippen LogP contribution is 2.31. The molecule has 0 aromatic heterocycles. The molecule has 24 heavy (non-hydrogen) atoms. The molecular weight excluding hydrogens is 352 g/mol. The van der Waals surface area contributed by atoms with Crippen LogP contribution >= 0.6 is 11.8 Å². The number of hydrogen-bond acceptors (Lipinski definition) is 6. The lowest BCUT2D eigenvalue weighted by atomic mass is 10.1. The third kappa shape index (κ3) is 3.03. The highest BCUT2D eigenvalue weighted by atomic mass is 32.2. The molecule has 2 saturated heterocycles. The molecule has 0 radical (unpaired) electrons. The Labute approximate surface area is 145 Å². The normalized spacial score (nSPS) is 20.6. The summed E-state index contributed by atoms with van der Waals surface area (Å²) in [6.45, 7) is 0.541. The molecule has 0 spiro atoms. The van der Waals surface area contributed by atoms with E-state index in [1.54, 1.807) is 18.2 Å². The smallest absolute Gasteiger partial charge is 0.289 e. The fourth-order valence-electron chi connectivity index (χ4n) is 3.03. The van der Waals surface area contributed by atoms with E-state index in [-0.39, 0.29) is 40.9 Å². The van der Waals surface area contributed by atoms with E-state index < -0.39 is 10.0 Å². The summed E-state index contributed by atoms with van der Waals surface area (Å²) in [6.07, 6.45) is 0.902. The van der Waals surface area contributed by atoms with Crippen LogP contribution in [0.15, 0.2) is 29.2 Å². The first-order chi connectivity index (χ1) is 11.4. The summed E-state index contributed by atoms with van der Waals surface area (Å²) in [6, 6.07) is 6.28. The molecule has 3 rings (SSSR count). The molecule has 7 nitrogen and oxygen atoms in total.